The van der Waals surface area contributed by atoms with Crippen LogP contribution in [0.2, 0.25) is 0 Å². The van der Waals surface area contributed by atoms with Gasteiger partial charge >= 0.3 is 0 Å². The molecule has 1 aliphatic heterocycles. The fourth-order valence-electron chi connectivity index (χ4n) is 4.44. The number of amides is 1. The number of anilines is 1. The molecule has 0 spiro atoms. The minimum atomic E-state index is 0.0435. The van der Waals surface area contributed by atoms with Gasteiger partial charge < -0.3 is 14.8 Å². The quantitative estimate of drug-likeness (QED) is 0.341. The topological polar surface area (TPSA) is 66.3 Å². The van der Waals surface area contributed by atoms with Crippen LogP contribution >= 0.6 is 11.8 Å². The van der Waals surface area contributed by atoms with Crippen LogP contribution in [0, 0.1) is 13.8 Å². The molecule has 7 nitrogen and oxygen atoms in total. The zero-order valence-electron chi connectivity index (χ0n) is 21.0. The van der Waals surface area contributed by atoms with Gasteiger partial charge in [-0.05, 0) is 57.5 Å². The lowest BCUT2D eigenvalue weighted by atomic mass is 10.1. The molecule has 1 aliphatic rings. The van der Waals surface area contributed by atoms with Crippen LogP contribution in [0.1, 0.15) is 24.5 Å². The number of thioether (sulfide) groups is 1. The van der Waals surface area contributed by atoms with E-state index in [0.717, 1.165) is 62.2 Å². The molecule has 0 atom stereocenters. The maximum Gasteiger partial charge on any atom is 0.230 e. The van der Waals surface area contributed by atoms with E-state index in [-0.39, 0.29) is 5.91 Å². The van der Waals surface area contributed by atoms with Crippen LogP contribution < -0.4 is 10.2 Å². The number of hydrogen-bond donors (Lipinski definition) is 1. The lowest BCUT2D eigenvalue weighted by Gasteiger charge is -2.36. The lowest BCUT2D eigenvalue weighted by molar-refractivity contribution is -0.118. The highest BCUT2D eigenvalue weighted by molar-refractivity contribution is 7.99. The highest BCUT2D eigenvalue weighted by Crippen LogP contribution is 2.24. The number of aromatic nitrogens is 3. The molecule has 35 heavy (non-hydrogen) atoms. The predicted molar refractivity (Wildman–Crippen MR) is 144 cm³/mol. The molecule has 0 aliphatic carbocycles. The van der Waals surface area contributed by atoms with Gasteiger partial charge in [0.15, 0.2) is 11.0 Å². The highest BCUT2D eigenvalue weighted by Gasteiger charge is 2.17. The van der Waals surface area contributed by atoms with Crippen molar-refractivity contribution in [3.63, 3.8) is 0 Å². The van der Waals surface area contributed by atoms with Crippen molar-refractivity contribution in [3.8, 4) is 11.4 Å². The molecular weight excluding hydrogens is 456 g/mol. The van der Waals surface area contributed by atoms with Crippen molar-refractivity contribution >= 4 is 23.4 Å². The Morgan fingerprint density at radius 2 is 1.74 bits per heavy atom. The molecule has 8 heteroatoms. The highest BCUT2D eigenvalue weighted by atomic mass is 32.2. The maximum absolute atomic E-state index is 12.4. The molecule has 1 aromatic heterocycles. The summed E-state index contributed by atoms with van der Waals surface area (Å²) in [5.74, 6) is 1.24. The summed E-state index contributed by atoms with van der Waals surface area (Å²) in [6, 6.07) is 17.0. The molecule has 0 bridgehead atoms. The summed E-state index contributed by atoms with van der Waals surface area (Å²) in [6.07, 6.45) is 0.962. The second kappa shape index (κ2) is 12.2. The summed E-state index contributed by atoms with van der Waals surface area (Å²) in [7, 11) is 0. The molecule has 2 aromatic carbocycles. The Morgan fingerprint density at radius 1 is 1.00 bits per heavy atom. The second-order valence-corrected chi connectivity index (χ2v) is 10.0. The van der Waals surface area contributed by atoms with Crippen molar-refractivity contribution in [2.75, 3.05) is 49.9 Å². The first kappa shape index (κ1) is 25.3. The van der Waals surface area contributed by atoms with Crippen LogP contribution in [0.15, 0.2) is 53.7 Å². The van der Waals surface area contributed by atoms with Gasteiger partial charge in [0.25, 0.3) is 0 Å². The fraction of sp³-hybridized carbons (Fsp3) is 0.444. The summed E-state index contributed by atoms with van der Waals surface area (Å²) in [4.78, 5) is 17.4. The van der Waals surface area contributed by atoms with Gasteiger partial charge in [0.1, 0.15) is 0 Å². The Balaban J connectivity index is 1.16. The summed E-state index contributed by atoms with van der Waals surface area (Å²) in [5, 5.41) is 12.6. The third kappa shape index (κ3) is 6.86. The largest absolute Gasteiger partial charge is 0.369 e. The predicted octanol–water partition coefficient (Wildman–Crippen LogP) is 4.00. The number of carbonyl (C=O) groups is 1. The normalized spacial score (nSPS) is 14.3. The number of nitrogens with one attached hydrogen (secondary N) is 1. The number of carbonyl (C=O) groups excluding carboxylic acids is 1. The Labute approximate surface area is 212 Å². The molecule has 1 fully saturated rings. The van der Waals surface area contributed by atoms with Gasteiger partial charge in [0, 0.05) is 50.5 Å². The lowest BCUT2D eigenvalue weighted by Crippen LogP contribution is -2.47. The second-order valence-electron chi connectivity index (χ2n) is 9.08. The van der Waals surface area contributed by atoms with Crippen LogP contribution in [-0.2, 0) is 11.3 Å². The SMILES string of the molecule is CCn1c(SCC(=O)NCCCN2CCN(c3cccc(C)c3)CC2)nnc1-c1cccc(C)c1. The van der Waals surface area contributed by atoms with Gasteiger partial charge in [-0.2, -0.15) is 0 Å². The van der Waals surface area contributed by atoms with Gasteiger partial charge in [0.05, 0.1) is 5.75 Å². The minimum absolute atomic E-state index is 0.0435. The summed E-state index contributed by atoms with van der Waals surface area (Å²) in [6.45, 7) is 13.0. The molecule has 3 aromatic rings. The third-order valence-corrected chi connectivity index (χ3v) is 7.32. The smallest absolute Gasteiger partial charge is 0.230 e. The third-order valence-electron chi connectivity index (χ3n) is 6.35. The van der Waals surface area contributed by atoms with Crippen molar-refractivity contribution in [1.29, 1.82) is 0 Å². The fourth-order valence-corrected chi connectivity index (χ4v) is 5.28. The number of hydrogen-bond acceptors (Lipinski definition) is 6. The first-order valence-corrected chi connectivity index (χ1v) is 13.5. The molecule has 2 heterocycles. The van der Waals surface area contributed by atoms with E-state index in [1.807, 2.05) is 12.1 Å². The zero-order chi connectivity index (χ0) is 24.6. The number of rotatable bonds is 10. The van der Waals surface area contributed by atoms with E-state index in [9.17, 15) is 4.79 Å². The van der Waals surface area contributed by atoms with Crippen LogP contribution in [0.5, 0.6) is 0 Å². The number of nitrogens with zero attached hydrogens (tertiary/aromatic N) is 5. The van der Waals surface area contributed by atoms with E-state index >= 15 is 0 Å². The molecule has 0 saturated carbocycles. The Kier molecular flexibility index (Phi) is 8.82. The number of benzene rings is 2. The average molecular weight is 493 g/mol. The van der Waals surface area contributed by atoms with Crippen LogP contribution in [-0.4, -0.2) is 70.6 Å². The van der Waals surface area contributed by atoms with E-state index in [0.29, 0.717) is 12.3 Å². The maximum atomic E-state index is 12.4. The standard InChI is InChI=1S/C27H36N6OS/c1-4-33-26(23-10-5-8-21(2)18-23)29-30-27(33)35-20-25(34)28-12-7-13-31-14-16-32(17-15-31)24-11-6-9-22(3)19-24/h5-6,8-11,18-19H,4,7,12-17,20H2,1-3H3,(H,28,34). The van der Waals surface area contributed by atoms with E-state index in [2.05, 4.69) is 87.1 Å². The van der Waals surface area contributed by atoms with E-state index in [1.165, 1.54) is 28.6 Å². The van der Waals surface area contributed by atoms with Gasteiger partial charge in [-0.1, -0.05) is 47.7 Å². The average Bonchev–Trinajstić information content (AvgIpc) is 3.29. The zero-order valence-corrected chi connectivity index (χ0v) is 21.9. The molecule has 0 unspecified atom stereocenters. The van der Waals surface area contributed by atoms with Gasteiger partial charge in [0.2, 0.25) is 5.91 Å². The van der Waals surface area contributed by atoms with E-state index in [1.54, 1.807) is 0 Å². The molecular formula is C27H36N6OS. The van der Waals surface area contributed by atoms with Gasteiger partial charge in [-0.3, -0.25) is 9.69 Å². The number of piperazine rings is 1. The summed E-state index contributed by atoms with van der Waals surface area (Å²) >= 11 is 1.45. The van der Waals surface area contributed by atoms with Crippen molar-refractivity contribution in [1.82, 2.24) is 25.0 Å². The summed E-state index contributed by atoms with van der Waals surface area (Å²) in [5.41, 5.74) is 4.87. The van der Waals surface area contributed by atoms with Crippen molar-refractivity contribution in [2.45, 2.75) is 38.9 Å². The Hall–Kier alpha value is -2.84. The van der Waals surface area contributed by atoms with Gasteiger partial charge in [-0.25, -0.2) is 0 Å². The van der Waals surface area contributed by atoms with Crippen LogP contribution in [0.3, 0.4) is 0 Å². The monoisotopic (exact) mass is 492 g/mol. The van der Waals surface area contributed by atoms with Crippen molar-refractivity contribution < 1.29 is 4.79 Å². The number of aryl methyl sites for hydroxylation is 2. The molecule has 1 N–H and O–H groups in total. The molecule has 1 amide bonds. The van der Waals surface area contributed by atoms with Crippen molar-refractivity contribution in [2.24, 2.45) is 0 Å². The molecule has 4 rings (SSSR count). The first-order valence-electron chi connectivity index (χ1n) is 12.5. The minimum Gasteiger partial charge on any atom is -0.369 e. The molecule has 1 saturated heterocycles. The van der Waals surface area contributed by atoms with Gasteiger partial charge in [-0.15, -0.1) is 10.2 Å². The van der Waals surface area contributed by atoms with Crippen LogP contribution in [0.25, 0.3) is 11.4 Å². The Morgan fingerprint density at radius 3 is 2.46 bits per heavy atom. The van der Waals surface area contributed by atoms with Crippen molar-refractivity contribution in [3.05, 3.63) is 59.7 Å². The Bertz CT molecular complexity index is 1120. The molecule has 186 valence electrons. The summed E-state index contributed by atoms with van der Waals surface area (Å²) < 4.78 is 2.07. The van der Waals surface area contributed by atoms with Crippen LogP contribution in [0.4, 0.5) is 5.69 Å². The first-order chi connectivity index (χ1) is 17.0. The van der Waals surface area contributed by atoms with E-state index < -0.39 is 0 Å². The van der Waals surface area contributed by atoms with E-state index in [4.69, 9.17) is 0 Å². The molecule has 0 radical (unpaired) electrons.